The predicted octanol–water partition coefficient (Wildman–Crippen LogP) is 1.49. The van der Waals surface area contributed by atoms with Crippen LogP contribution in [0.4, 0.5) is 0 Å². The first-order valence-corrected chi connectivity index (χ1v) is 7.94. The first kappa shape index (κ1) is 17.1. The normalized spacial score (nSPS) is 11.9. The summed E-state index contributed by atoms with van der Waals surface area (Å²) in [5.74, 6) is -1.51. The fraction of sp³-hybridized carbons (Fsp3) is 0.312. The van der Waals surface area contributed by atoms with Crippen molar-refractivity contribution in [3.05, 3.63) is 52.0 Å². The van der Waals surface area contributed by atoms with E-state index in [1.807, 2.05) is 35.7 Å². The van der Waals surface area contributed by atoms with Crippen LogP contribution in [0.5, 0.6) is 0 Å². The van der Waals surface area contributed by atoms with Gasteiger partial charge < -0.3 is 15.2 Å². The summed E-state index contributed by atoms with van der Waals surface area (Å²) in [5.41, 5.74) is 1.80. The van der Waals surface area contributed by atoms with Crippen LogP contribution < -0.4 is 5.32 Å². The van der Waals surface area contributed by atoms with E-state index in [2.05, 4.69) is 10.3 Å². The predicted molar refractivity (Wildman–Crippen MR) is 86.5 cm³/mol. The van der Waals surface area contributed by atoms with Gasteiger partial charge in [0.15, 0.2) is 6.04 Å². The molecule has 1 heterocycles. The summed E-state index contributed by atoms with van der Waals surface area (Å²) in [6.45, 7) is -0.0720. The zero-order chi connectivity index (χ0) is 16.7. The molecule has 1 unspecified atom stereocenters. The molecular formula is C16H18N2O4S. The van der Waals surface area contributed by atoms with E-state index in [0.717, 1.165) is 10.6 Å². The standard InChI is InChI=1S/C16H18N2O4S/c1-22-9-13(16(20)21)18-14(19)8-12-10-23-15(17-12)7-11-5-3-2-4-6-11/h2-6,10,13H,7-9H2,1H3,(H,18,19)(H,20,21). The number of ether oxygens (including phenoxy) is 1. The SMILES string of the molecule is COCC(NC(=O)Cc1csc(Cc2ccccc2)n1)C(=O)O. The topological polar surface area (TPSA) is 88.5 Å². The molecule has 0 radical (unpaired) electrons. The van der Waals surface area contributed by atoms with Gasteiger partial charge in [0, 0.05) is 18.9 Å². The lowest BCUT2D eigenvalue weighted by atomic mass is 10.2. The van der Waals surface area contributed by atoms with Crippen molar-refractivity contribution < 1.29 is 19.4 Å². The molecule has 2 N–H and O–H groups in total. The van der Waals surface area contributed by atoms with Crippen LogP contribution in [0.3, 0.4) is 0 Å². The quantitative estimate of drug-likeness (QED) is 0.763. The summed E-state index contributed by atoms with van der Waals surface area (Å²) in [6.07, 6.45) is 0.771. The second kappa shape index (κ2) is 8.40. The van der Waals surface area contributed by atoms with E-state index in [4.69, 9.17) is 9.84 Å². The number of aliphatic carboxylic acids is 1. The molecule has 0 saturated heterocycles. The molecule has 1 aromatic heterocycles. The summed E-state index contributed by atoms with van der Waals surface area (Å²) < 4.78 is 4.78. The van der Waals surface area contributed by atoms with Crippen molar-refractivity contribution in [3.8, 4) is 0 Å². The Balaban J connectivity index is 1.90. The number of nitrogens with zero attached hydrogens (tertiary/aromatic N) is 1. The lowest BCUT2D eigenvalue weighted by Gasteiger charge is -2.12. The van der Waals surface area contributed by atoms with Crippen LogP contribution in [0.25, 0.3) is 0 Å². The molecule has 2 aromatic rings. The second-order valence-electron chi connectivity index (χ2n) is 4.99. The molecule has 0 aliphatic carbocycles. The lowest BCUT2D eigenvalue weighted by molar-refractivity contribution is -0.143. The maximum absolute atomic E-state index is 11.9. The molecule has 0 saturated carbocycles. The average Bonchev–Trinajstić information content (AvgIpc) is 2.94. The van der Waals surface area contributed by atoms with Crippen molar-refractivity contribution >= 4 is 23.2 Å². The van der Waals surface area contributed by atoms with Crippen LogP contribution in [-0.4, -0.2) is 41.7 Å². The largest absolute Gasteiger partial charge is 0.480 e. The van der Waals surface area contributed by atoms with Gasteiger partial charge in [0.2, 0.25) is 5.91 Å². The fourth-order valence-electron chi connectivity index (χ4n) is 2.03. The number of hydrogen-bond donors (Lipinski definition) is 2. The molecule has 0 bridgehead atoms. The smallest absolute Gasteiger partial charge is 0.328 e. The summed E-state index contributed by atoms with van der Waals surface area (Å²) >= 11 is 1.49. The number of carbonyl (C=O) groups is 2. The van der Waals surface area contributed by atoms with Gasteiger partial charge in [-0.3, -0.25) is 4.79 Å². The number of carbonyl (C=O) groups excluding carboxylic acids is 1. The Bertz CT molecular complexity index is 657. The van der Waals surface area contributed by atoms with Crippen LogP contribution >= 0.6 is 11.3 Å². The second-order valence-corrected chi connectivity index (χ2v) is 5.93. The molecule has 6 nitrogen and oxygen atoms in total. The van der Waals surface area contributed by atoms with Gasteiger partial charge in [-0.15, -0.1) is 11.3 Å². The number of amides is 1. The zero-order valence-corrected chi connectivity index (χ0v) is 13.5. The van der Waals surface area contributed by atoms with E-state index < -0.39 is 12.0 Å². The Hall–Kier alpha value is -2.25. The third-order valence-corrected chi connectivity index (χ3v) is 4.00. The Kier molecular flexibility index (Phi) is 6.25. The molecule has 122 valence electrons. The van der Waals surface area contributed by atoms with E-state index in [1.54, 1.807) is 0 Å². The van der Waals surface area contributed by atoms with Gasteiger partial charge in [-0.2, -0.15) is 0 Å². The third kappa shape index (κ3) is 5.46. The Morgan fingerprint density at radius 2 is 2.09 bits per heavy atom. The molecular weight excluding hydrogens is 316 g/mol. The van der Waals surface area contributed by atoms with Crippen molar-refractivity contribution in [2.45, 2.75) is 18.9 Å². The first-order chi connectivity index (χ1) is 11.1. The summed E-state index contributed by atoms with van der Waals surface area (Å²) in [4.78, 5) is 27.3. The van der Waals surface area contributed by atoms with Gasteiger partial charge in [-0.25, -0.2) is 9.78 Å². The van der Waals surface area contributed by atoms with Crippen molar-refractivity contribution in [2.75, 3.05) is 13.7 Å². The highest BCUT2D eigenvalue weighted by Gasteiger charge is 2.20. The van der Waals surface area contributed by atoms with E-state index in [-0.39, 0.29) is 18.9 Å². The lowest BCUT2D eigenvalue weighted by Crippen LogP contribution is -2.44. The Morgan fingerprint density at radius 3 is 2.74 bits per heavy atom. The average molecular weight is 334 g/mol. The van der Waals surface area contributed by atoms with Gasteiger partial charge in [0.05, 0.1) is 23.7 Å². The molecule has 1 aromatic carbocycles. The van der Waals surface area contributed by atoms with E-state index in [1.165, 1.54) is 18.4 Å². The van der Waals surface area contributed by atoms with Crippen LogP contribution in [0, 0.1) is 0 Å². The van der Waals surface area contributed by atoms with Gasteiger partial charge in [0.1, 0.15) is 0 Å². The number of nitrogens with one attached hydrogen (secondary N) is 1. The number of benzene rings is 1. The minimum Gasteiger partial charge on any atom is -0.480 e. The molecule has 2 rings (SSSR count). The number of methoxy groups -OCH3 is 1. The monoisotopic (exact) mass is 334 g/mol. The number of hydrogen-bond acceptors (Lipinski definition) is 5. The van der Waals surface area contributed by atoms with Crippen molar-refractivity contribution in [2.24, 2.45) is 0 Å². The highest BCUT2D eigenvalue weighted by atomic mass is 32.1. The maximum atomic E-state index is 11.9. The van der Waals surface area contributed by atoms with E-state index in [0.29, 0.717) is 12.1 Å². The summed E-state index contributed by atoms with van der Waals surface area (Å²) in [7, 11) is 1.39. The maximum Gasteiger partial charge on any atom is 0.328 e. The van der Waals surface area contributed by atoms with Crippen LogP contribution in [0.1, 0.15) is 16.3 Å². The van der Waals surface area contributed by atoms with Crippen LogP contribution in [0.15, 0.2) is 35.7 Å². The number of carboxylic acids is 1. The van der Waals surface area contributed by atoms with Crippen LogP contribution in [-0.2, 0) is 27.2 Å². The molecule has 1 amide bonds. The number of carboxylic acid groups (broad SMARTS) is 1. The van der Waals surface area contributed by atoms with Crippen LogP contribution in [0.2, 0.25) is 0 Å². The van der Waals surface area contributed by atoms with E-state index in [9.17, 15) is 9.59 Å². The Labute approximate surface area is 138 Å². The van der Waals surface area contributed by atoms with Crippen molar-refractivity contribution in [3.63, 3.8) is 0 Å². The molecule has 7 heteroatoms. The minimum absolute atomic E-state index is 0.0543. The number of thiazole rings is 1. The molecule has 0 fully saturated rings. The highest BCUT2D eigenvalue weighted by Crippen LogP contribution is 2.15. The van der Waals surface area contributed by atoms with Crippen molar-refractivity contribution in [1.29, 1.82) is 0 Å². The van der Waals surface area contributed by atoms with Crippen molar-refractivity contribution in [1.82, 2.24) is 10.3 Å². The summed E-state index contributed by atoms with van der Waals surface area (Å²) in [6, 6.07) is 8.90. The first-order valence-electron chi connectivity index (χ1n) is 7.06. The zero-order valence-electron chi connectivity index (χ0n) is 12.7. The van der Waals surface area contributed by atoms with Gasteiger partial charge >= 0.3 is 5.97 Å². The molecule has 23 heavy (non-hydrogen) atoms. The van der Waals surface area contributed by atoms with Gasteiger partial charge in [-0.1, -0.05) is 30.3 Å². The highest BCUT2D eigenvalue weighted by molar-refractivity contribution is 7.09. The molecule has 0 aliphatic heterocycles. The molecule has 0 spiro atoms. The third-order valence-electron chi connectivity index (χ3n) is 3.11. The summed E-state index contributed by atoms with van der Waals surface area (Å²) in [5, 5.41) is 14.2. The number of rotatable bonds is 8. The van der Waals surface area contributed by atoms with Gasteiger partial charge in [0.25, 0.3) is 0 Å². The molecule has 0 aliphatic rings. The van der Waals surface area contributed by atoms with Gasteiger partial charge in [-0.05, 0) is 5.56 Å². The minimum atomic E-state index is -1.12. The fourth-order valence-corrected chi connectivity index (χ4v) is 2.86. The van der Waals surface area contributed by atoms with E-state index >= 15 is 0 Å². The Morgan fingerprint density at radius 1 is 1.35 bits per heavy atom. The number of aromatic nitrogens is 1. The molecule has 1 atom stereocenters.